The molecule has 23 heavy (non-hydrogen) atoms. The van der Waals surface area contributed by atoms with E-state index in [1.807, 2.05) is 0 Å². The minimum absolute atomic E-state index is 0.0833. The van der Waals surface area contributed by atoms with Crippen LogP contribution in [0.15, 0.2) is 24.3 Å². The number of benzene rings is 1. The van der Waals surface area contributed by atoms with Gasteiger partial charge in [-0.1, -0.05) is 11.6 Å². The number of nitrogens with zero attached hydrogens (tertiary/aromatic N) is 1. The van der Waals surface area contributed by atoms with Crippen LogP contribution in [0.5, 0.6) is 0 Å². The number of carbonyl (C=O) groups is 2. The van der Waals surface area contributed by atoms with Gasteiger partial charge in [0.15, 0.2) is 5.78 Å². The van der Waals surface area contributed by atoms with Crippen LogP contribution < -0.4 is 5.32 Å². The number of Topliss-reactive ketones (excluding diaryl/α,β-unsaturated/α-hetero) is 1. The Labute approximate surface area is 140 Å². The SMILES string of the molecule is O=C(CC(NCCN1CCOCC1)C(=O)O)c1ccc(Cl)cc1. The van der Waals surface area contributed by atoms with E-state index < -0.39 is 12.0 Å². The Morgan fingerprint density at radius 3 is 2.52 bits per heavy atom. The summed E-state index contributed by atoms with van der Waals surface area (Å²) < 4.78 is 5.27. The number of rotatable bonds is 8. The first-order valence-corrected chi connectivity index (χ1v) is 7.99. The molecular formula is C16H21ClN2O4. The third kappa shape index (κ3) is 5.91. The summed E-state index contributed by atoms with van der Waals surface area (Å²) in [7, 11) is 0. The Balaban J connectivity index is 1.81. The van der Waals surface area contributed by atoms with Gasteiger partial charge in [-0.15, -0.1) is 0 Å². The van der Waals surface area contributed by atoms with E-state index in [1.165, 1.54) is 0 Å². The predicted molar refractivity (Wildman–Crippen MR) is 87.1 cm³/mol. The second-order valence-corrected chi connectivity index (χ2v) is 5.87. The molecule has 0 amide bonds. The lowest BCUT2D eigenvalue weighted by Crippen LogP contribution is -2.45. The summed E-state index contributed by atoms with van der Waals surface area (Å²) in [5.74, 6) is -1.23. The van der Waals surface area contributed by atoms with Gasteiger partial charge >= 0.3 is 5.97 Å². The predicted octanol–water partition coefficient (Wildman–Crippen LogP) is 1.29. The molecule has 0 bridgehead atoms. The minimum atomic E-state index is -1.02. The van der Waals surface area contributed by atoms with Crippen LogP contribution in [0.4, 0.5) is 0 Å². The summed E-state index contributed by atoms with van der Waals surface area (Å²) in [4.78, 5) is 25.7. The maximum absolute atomic E-state index is 12.2. The van der Waals surface area contributed by atoms with E-state index in [0.29, 0.717) is 30.3 Å². The summed E-state index contributed by atoms with van der Waals surface area (Å²) >= 11 is 5.78. The summed E-state index contributed by atoms with van der Waals surface area (Å²) in [5.41, 5.74) is 0.468. The molecule has 126 valence electrons. The molecule has 2 N–H and O–H groups in total. The van der Waals surface area contributed by atoms with Gasteiger partial charge in [-0.25, -0.2) is 0 Å². The number of hydrogen-bond donors (Lipinski definition) is 2. The van der Waals surface area contributed by atoms with Crippen LogP contribution in [-0.4, -0.2) is 67.2 Å². The summed E-state index contributed by atoms with van der Waals surface area (Å²) in [6, 6.07) is 5.57. The van der Waals surface area contributed by atoms with Crippen molar-refractivity contribution >= 4 is 23.4 Å². The highest BCUT2D eigenvalue weighted by Crippen LogP contribution is 2.12. The molecule has 0 aromatic heterocycles. The molecule has 1 heterocycles. The fourth-order valence-corrected chi connectivity index (χ4v) is 2.53. The Hall–Kier alpha value is -1.47. The maximum atomic E-state index is 12.2. The number of nitrogens with one attached hydrogen (secondary N) is 1. The van der Waals surface area contributed by atoms with Crippen LogP contribution in [0.25, 0.3) is 0 Å². The van der Waals surface area contributed by atoms with Crippen molar-refractivity contribution < 1.29 is 19.4 Å². The van der Waals surface area contributed by atoms with Crippen LogP contribution >= 0.6 is 11.6 Å². The van der Waals surface area contributed by atoms with E-state index >= 15 is 0 Å². The Kier molecular flexibility index (Phi) is 6.98. The highest BCUT2D eigenvalue weighted by atomic mass is 35.5. The molecule has 1 atom stereocenters. The second kappa shape index (κ2) is 8.98. The van der Waals surface area contributed by atoms with Crippen molar-refractivity contribution in [2.45, 2.75) is 12.5 Å². The molecule has 1 fully saturated rings. The normalized spacial score (nSPS) is 16.9. The fourth-order valence-electron chi connectivity index (χ4n) is 2.41. The standard InChI is InChI=1S/C16H21ClN2O4/c17-13-3-1-12(2-4-13)15(20)11-14(16(21)22)18-5-6-19-7-9-23-10-8-19/h1-4,14,18H,5-11H2,(H,21,22). The van der Waals surface area contributed by atoms with Crippen LogP contribution in [0, 0.1) is 0 Å². The van der Waals surface area contributed by atoms with Crippen molar-refractivity contribution in [3.8, 4) is 0 Å². The molecule has 0 spiro atoms. The first-order chi connectivity index (χ1) is 11.1. The van der Waals surface area contributed by atoms with E-state index in [2.05, 4.69) is 10.2 Å². The van der Waals surface area contributed by atoms with E-state index in [0.717, 1.165) is 19.6 Å². The zero-order valence-electron chi connectivity index (χ0n) is 12.8. The smallest absolute Gasteiger partial charge is 0.321 e. The maximum Gasteiger partial charge on any atom is 0.321 e. The van der Waals surface area contributed by atoms with E-state index in [1.54, 1.807) is 24.3 Å². The summed E-state index contributed by atoms with van der Waals surface area (Å²) in [5, 5.41) is 12.8. The van der Waals surface area contributed by atoms with Crippen molar-refractivity contribution in [3.05, 3.63) is 34.9 Å². The van der Waals surface area contributed by atoms with E-state index in [4.69, 9.17) is 16.3 Å². The molecule has 1 aromatic carbocycles. The van der Waals surface area contributed by atoms with Gasteiger partial charge in [-0.2, -0.15) is 0 Å². The van der Waals surface area contributed by atoms with Crippen LogP contribution in [0.2, 0.25) is 5.02 Å². The minimum Gasteiger partial charge on any atom is -0.480 e. The van der Waals surface area contributed by atoms with Gasteiger partial charge in [0, 0.05) is 43.2 Å². The Morgan fingerprint density at radius 1 is 1.26 bits per heavy atom. The molecule has 1 aliphatic heterocycles. The lowest BCUT2D eigenvalue weighted by molar-refractivity contribution is -0.139. The van der Waals surface area contributed by atoms with Crippen LogP contribution in [0.1, 0.15) is 16.8 Å². The number of halogens is 1. The monoisotopic (exact) mass is 340 g/mol. The lowest BCUT2D eigenvalue weighted by Gasteiger charge is -2.27. The highest BCUT2D eigenvalue weighted by molar-refractivity contribution is 6.30. The summed E-state index contributed by atoms with van der Waals surface area (Å²) in [6.45, 7) is 4.37. The van der Waals surface area contributed by atoms with Crippen LogP contribution in [-0.2, 0) is 9.53 Å². The highest BCUT2D eigenvalue weighted by Gasteiger charge is 2.22. The number of ether oxygens (including phenoxy) is 1. The first kappa shape index (κ1) is 17.9. The van der Waals surface area contributed by atoms with Crippen molar-refractivity contribution in [1.82, 2.24) is 10.2 Å². The van der Waals surface area contributed by atoms with Crippen molar-refractivity contribution in [1.29, 1.82) is 0 Å². The number of hydrogen-bond acceptors (Lipinski definition) is 5. The lowest BCUT2D eigenvalue weighted by atomic mass is 10.0. The third-order valence-corrected chi connectivity index (χ3v) is 4.03. The quantitative estimate of drug-likeness (QED) is 0.694. The number of morpholine rings is 1. The van der Waals surface area contributed by atoms with Crippen molar-refractivity contribution in [2.75, 3.05) is 39.4 Å². The van der Waals surface area contributed by atoms with Gasteiger partial charge in [0.1, 0.15) is 6.04 Å². The van der Waals surface area contributed by atoms with Gasteiger partial charge in [0.05, 0.1) is 13.2 Å². The third-order valence-electron chi connectivity index (χ3n) is 3.78. The number of carbonyl (C=O) groups excluding carboxylic acids is 1. The van der Waals surface area contributed by atoms with E-state index in [9.17, 15) is 14.7 Å². The van der Waals surface area contributed by atoms with E-state index in [-0.39, 0.29) is 12.2 Å². The Morgan fingerprint density at radius 2 is 1.91 bits per heavy atom. The number of carboxylic acid groups (broad SMARTS) is 1. The zero-order valence-corrected chi connectivity index (χ0v) is 13.6. The van der Waals surface area contributed by atoms with Gasteiger partial charge in [-0.3, -0.25) is 14.5 Å². The molecule has 1 saturated heterocycles. The summed E-state index contributed by atoms with van der Waals surface area (Å²) in [6.07, 6.45) is -0.0833. The molecule has 1 aromatic rings. The largest absolute Gasteiger partial charge is 0.480 e. The van der Waals surface area contributed by atoms with Crippen LogP contribution in [0.3, 0.4) is 0 Å². The number of ketones is 1. The molecule has 0 aliphatic carbocycles. The molecular weight excluding hydrogens is 320 g/mol. The molecule has 6 nitrogen and oxygen atoms in total. The van der Waals surface area contributed by atoms with Crippen molar-refractivity contribution in [2.24, 2.45) is 0 Å². The number of aliphatic carboxylic acids is 1. The average molecular weight is 341 g/mol. The fraction of sp³-hybridized carbons (Fsp3) is 0.500. The first-order valence-electron chi connectivity index (χ1n) is 7.61. The van der Waals surface area contributed by atoms with Gasteiger partial charge in [-0.05, 0) is 24.3 Å². The molecule has 0 saturated carbocycles. The molecule has 1 aliphatic rings. The molecule has 1 unspecified atom stereocenters. The topological polar surface area (TPSA) is 78.9 Å². The Bertz CT molecular complexity index is 529. The molecule has 0 radical (unpaired) electrons. The van der Waals surface area contributed by atoms with Gasteiger partial charge < -0.3 is 15.2 Å². The molecule has 7 heteroatoms. The zero-order chi connectivity index (χ0) is 16.7. The number of carboxylic acids is 1. The molecule has 2 rings (SSSR count). The second-order valence-electron chi connectivity index (χ2n) is 5.43. The average Bonchev–Trinajstić information content (AvgIpc) is 2.55. The van der Waals surface area contributed by atoms with Gasteiger partial charge in [0.2, 0.25) is 0 Å². The van der Waals surface area contributed by atoms with Gasteiger partial charge in [0.25, 0.3) is 0 Å². The van der Waals surface area contributed by atoms with Crippen molar-refractivity contribution in [3.63, 3.8) is 0 Å².